The van der Waals surface area contributed by atoms with E-state index in [4.69, 9.17) is 23.8 Å². The highest BCUT2D eigenvalue weighted by Gasteiger charge is 2.15. The second kappa shape index (κ2) is 9.36. The minimum absolute atomic E-state index is 0.0122. The molecule has 0 aromatic heterocycles. The number of thiocarbonyl (C=S) groups is 1. The van der Waals surface area contributed by atoms with Crippen LogP contribution in [0.25, 0.3) is 0 Å². The molecule has 0 aliphatic carbocycles. The number of benzene rings is 2. The Balaban J connectivity index is 2.16. The smallest absolute Gasteiger partial charge is 0.283 e. The van der Waals surface area contributed by atoms with Crippen molar-refractivity contribution in [1.29, 1.82) is 0 Å². The van der Waals surface area contributed by atoms with E-state index in [1.54, 1.807) is 24.3 Å². The van der Waals surface area contributed by atoms with E-state index < -0.39 is 4.92 Å². The van der Waals surface area contributed by atoms with Gasteiger partial charge in [-0.3, -0.25) is 15.5 Å². The van der Waals surface area contributed by atoms with E-state index in [0.29, 0.717) is 27.1 Å². The minimum Gasteiger partial charge on any atom is -0.362 e. The van der Waals surface area contributed by atoms with Gasteiger partial charge in [0, 0.05) is 28.1 Å². The Kier molecular flexibility index (Phi) is 7.17. The maximum atomic E-state index is 11.4. The molecule has 2 N–H and O–H groups in total. The molecular weight excluding hydrogens is 380 g/mol. The summed E-state index contributed by atoms with van der Waals surface area (Å²) in [7, 11) is 0. The van der Waals surface area contributed by atoms with Crippen LogP contribution in [0.1, 0.15) is 12.5 Å². The van der Waals surface area contributed by atoms with Gasteiger partial charge in [-0.2, -0.15) is 5.10 Å². The van der Waals surface area contributed by atoms with Crippen LogP contribution in [-0.2, 0) is 0 Å². The number of rotatable bonds is 6. The van der Waals surface area contributed by atoms with E-state index >= 15 is 0 Å². The van der Waals surface area contributed by atoms with Gasteiger partial charge >= 0.3 is 0 Å². The Hall–Kier alpha value is -2.16. The Morgan fingerprint density at radius 3 is 2.72 bits per heavy atom. The van der Waals surface area contributed by atoms with Crippen LogP contribution in [0.2, 0.25) is 5.02 Å². The molecule has 0 aliphatic heterocycles. The number of hydrogen-bond acceptors (Lipinski definition) is 5. The van der Waals surface area contributed by atoms with Gasteiger partial charge < -0.3 is 5.32 Å². The molecule has 0 unspecified atom stereocenters. The van der Waals surface area contributed by atoms with Crippen molar-refractivity contribution in [1.82, 2.24) is 10.7 Å². The lowest BCUT2D eigenvalue weighted by atomic mass is 10.2. The minimum atomic E-state index is -0.410. The molecule has 2 aromatic carbocycles. The summed E-state index contributed by atoms with van der Waals surface area (Å²) in [5, 5.41) is 19.2. The Morgan fingerprint density at radius 2 is 2.08 bits per heavy atom. The van der Waals surface area contributed by atoms with Crippen molar-refractivity contribution in [3.63, 3.8) is 0 Å². The average Bonchev–Trinajstić information content (AvgIpc) is 2.58. The van der Waals surface area contributed by atoms with Gasteiger partial charge in [-0.15, -0.1) is 0 Å². The maximum absolute atomic E-state index is 11.4. The standard InChI is InChI=1S/C16H15ClN4O2S2/c1-2-18-16(24)20-19-10-11-3-8-15(14(9-11)21(22)23)25-13-6-4-12(17)5-7-13/h3-10H,2H2,1H3,(H2,18,20,24)/b19-10-. The monoisotopic (exact) mass is 394 g/mol. The van der Waals surface area contributed by atoms with Gasteiger partial charge in [-0.1, -0.05) is 29.4 Å². The van der Waals surface area contributed by atoms with Crippen molar-refractivity contribution in [2.75, 3.05) is 6.54 Å². The summed E-state index contributed by atoms with van der Waals surface area (Å²) in [5.74, 6) is 0. The summed E-state index contributed by atoms with van der Waals surface area (Å²) in [4.78, 5) is 12.4. The van der Waals surface area contributed by atoms with Gasteiger partial charge in [0.1, 0.15) is 0 Å². The first-order valence-corrected chi connectivity index (χ1v) is 8.88. The van der Waals surface area contributed by atoms with Crippen LogP contribution in [0.4, 0.5) is 5.69 Å². The third-order valence-corrected chi connectivity index (χ3v) is 4.50. The van der Waals surface area contributed by atoms with Crippen molar-refractivity contribution < 1.29 is 4.92 Å². The number of halogens is 1. The molecule has 0 saturated carbocycles. The van der Waals surface area contributed by atoms with E-state index in [1.165, 1.54) is 24.0 Å². The van der Waals surface area contributed by atoms with Crippen molar-refractivity contribution in [3.8, 4) is 0 Å². The van der Waals surface area contributed by atoms with Gasteiger partial charge in [0.25, 0.3) is 5.69 Å². The molecule has 6 nitrogen and oxygen atoms in total. The first-order valence-electron chi connectivity index (χ1n) is 7.28. The van der Waals surface area contributed by atoms with E-state index in [1.807, 2.05) is 19.1 Å². The highest BCUT2D eigenvalue weighted by molar-refractivity contribution is 7.99. The number of nitro benzene ring substituents is 1. The number of nitro groups is 1. The highest BCUT2D eigenvalue weighted by Crippen LogP contribution is 2.35. The van der Waals surface area contributed by atoms with Gasteiger partial charge in [0.2, 0.25) is 0 Å². The lowest BCUT2D eigenvalue weighted by Crippen LogP contribution is -2.31. The zero-order chi connectivity index (χ0) is 18.2. The molecule has 0 heterocycles. The predicted octanol–water partition coefficient (Wildman–Crippen LogP) is 4.22. The van der Waals surface area contributed by atoms with Gasteiger partial charge in [-0.05, 0) is 49.5 Å². The lowest BCUT2D eigenvalue weighted by molar-refractivity contribution is -0.387. The molecule has 25 heavy (non-hydrogen) atoms. The lowest BCUT2D eigenvalue weighted by Gasteiger charge is -2.05. The van der Waals surface area contributed by atoms with Gasteiger partial charge in [-0.25, -0.2) is 0 Å². The van der Waals surface area contributed by atoms with Gasteiger partial charge in [0.15, 0.2) is 5.11 Å². The second-order valence-electron chi connectivity index (χ2n) is 4.77. The third kappa shape index (κ3) is 6.00. The molecule has 0 aliphatic rings. The molecule has 130 valence electrons. The van der Waals surface area contributed by atoms with Crippen LogP contribution in [0, 0.1) is 10.1 Å². The molecule has 0 radical (unpaired) electrons. The van der Waals surface area contributed by atoms with Crippen molar-refractivity contribution in [3.05, 3.63) is 63.2 Å². The van der Waals surface area contributed by atoms with E-state index in [0.717, 1.165) is 4.90 Å². The fourth-order valence-electron chi connectivity index (χ4n) is 1.84. The number of nitrogens with zero attached hydrogens (tertiary/aromatic N) is 2. The van der Waals surface area contributed by atoms with Crippen LogP contribution in [0.5, 0.6) is 0 Å². The third-order valence-electron chi connectivity index (χ3n) is 2.94. The second-order valence-corrected chi connectivity index (χ2v) is 6.73. The molecule has 0 spiro atoms. The van der Waals surface area contributed by atoms with Crippen LogP contribution >= 0.6 is 35.6 Å². The molecule has 0 amide bonds. The summed E-state index contributed by atoms with van der Waals surface area (Å²) >= 11 is 12.1. The average molecular weight is 395 g/mol. The Labute approximate surface area is 159 Å². The molecule has 0 saturated heterocycles. The van der Waals surface area contributed by atoms with Crippen molar-refractivity contribution >= 4 is 52.6 Å². The fourth-order valence-corrected chi connectivity index (χ4v) is 3.06. The summed E-state index contributed by atoms with van der Waals surface area (Å²) < 4.78 is 0. The molecular formula is C16H15ClN4O2S2. The first kappa shape index (κ1) is 19.2. The van der Waals surface area contributed by atoms with Crippen LogP contribution in [0.15, 0.2) is 57.4 Å². The Morgan fingerprint density at radius 1 is 1.36 bits per heavy atom. The first-order chi connectivity index (χ1) is 12.0. The van der Waals surface area contributed by atoms with E-state index in [9.17, 15) is 10.1 Å². The van der Waals surface area contributed by atoms with Crippen LogP contribution < -0.4 is 10.7 Å². The summed E-state index contributed by atoms with van der Waals surface area (Å²) in [6.07, 6.45) is 1.48. The largest absolute Gasteiger partial charge is 0.362 e. The number of hydrogen-bond donors (Lipinski definition) is 2. The Bertz CT molecular complexity index is 797. The molecule has 0 bridgehead atoms. The summed E-state index contributed by atoms with van der Waals surface area (Å²) in [6.45, 7) is 2.60. The quantitative estimate of drug-likeness (QED) is 0.330. The normalized spacial score (nSPS) is 10.6. The summed E-state index contributed by atoms with van der Waals surface area (Å²) in [6, 6.07) is 12.1. The number of nitrogens with one attached hydrogen (secondary N) is 2. The van der Waals surface area contributed by atoms with Crippen molar-refractivity contribution in [2.45, 2.75) is 16.7 Å². The van der Waals surface area contributed by atoms with E-state index in [2.05, 4.69) is 15.8 Å². The van der Waals surface area contributed by atoms with E-state index in [-0.39, 0.29) is 5.69 Å². The highest BCUT2D eigenvalue weighted by atomic mass is 35.5. The maximum Gasteiger partial charge on any atom is 0.283 e. The molecule has 2 aromatic rings. The molecule has 9 heteroatoms. The summed E-state index contributed by atoms with van der Waals surface area (Å²) in [5.41, 5.74) is 3.25. The van der Waals surface area contributed by atoms with Crippen LogP contribution in [-0.4, -0.2) is 22.8 Å². The topological polar surface area (TPSA) is 79.6 Å². The molecule has 0 atom stereocenters. The zero-order valence-electron chi connectivity index (χ0n) is 13.2. The number of hydrazone groups is 1. The fraction of sp³-hybridized carbons (Fsp3) is 0.125. The molecule has 0 fully saturated rings. The van der Waals surface area contributed by atoms with Crippen molar-refractivity contribution in [2.24, 2.45) is 5.10 Å². The van der Waals surface area contributed by atoms with Crippen LogP contribution in [0.3, 0.4) is 0 Å². The predicted molar refractivity (Wildman–Crippen MR) is 106 cm³/mol. The zero-order valence-corrected chi connectivity index (χ0v) is 15.6. The SMILES string of the molecule is CCNC(=S)N/N=C\c1ccc(Sc2ccc(Cl)cc2)c([N+](=O)[O-])c1. The van der Waals surface area contributed by atoms with Gasteiger partial charge in [0.05, 0.1) is 16.0 Å². The molecule has 2 rings (SSSR count).